The van der Waals surface area contributed by atoms with Crippen molar-refractivity contribution < 1.29 is 0 Å². The summed E-state index contributed by atoms with van der Waals surface area (Å²) in [7, 11) is 0. The van der Waals surface area contributed by atoms with Crippen LogP contribution in [0.25, 0.3) is 0 Å². The van der Waals surface area contributed by atoms with E-state index in [1.807, 2.05) is 41.5 Å². The van der Waals surface area contributed by atoms with Gasteiger partial charge in [-0.05, 0) is 69.4 Å². The quantitative estimate of drug-likeness (QED) is 0.530. The Morgan fingerprint density at radius 2 is 1.38 bits per heavy atom. The number of hydrogen-bond donors (Lipinski definition) is 1. The minimum atomic E-state index is 0.534. The van der Waals surface area contributed by atoms with Gasteiger partial charge in [-0.25, -0.2) is 0 Å². The first-order valence-corrected chi connectivity index (χ1v) is 11.4. The van der Waals surface area contributed by atoms with Gasteiger partial charge in [-0.2, -0.15) is 0 Å². The van der Waals surface area contributed by atoms with E-state index in [-0.39, 0.29) is 0 Å². The van der Waals surface area contributed by atoms with Crippen LogP contribution in [0.2, 0.25) is 0 Å². The van der Waals surface area contributed by atoms with Gasteiger partial charge in [0, 0.05) is 23.2 Å². The molecule has 3 rings (SSSR count). The Kier molecular flexibility index (Phi) is 12.4. The van der Waals surface area contributed by atoms with E-state index in [1.165, 1.54) is 50.9 Å². The Morgan fingerprint density at radius 1 is 0.923 bits per heavy atom. The predicted octanol–water partition coefficient (Wildman–Crippen LogP) is 7.11. The van der Waals surface area contributed by atoms with Crippen molar-refractivity contribution in [2.45, 2.75) is 94.4 Å². The minimum absolute atomic E-state index is 0.534. The molecular formula is C24H48N2. The molecule has 2 atom stereocenters. The largest absolute Gasteiger partial charge is 0.316 e. The summed E-state index contributed by atoms with van der Waals surface area (Å²) in [5, 5.41) is 3.52. The minimum Gasteiger partial charge on any atom is -0.316 e. The van der Waals surface area contributed by atoms with Gasteiger partial charge in [0.2, 0.25) is 0 Å². The molecule has 2 aliphatic carbocycles. The Bertz CT molecular complexity index is 398. The summed E-state index contributed by atoms with van der Waals surface area (Å²) in [6.07, 6.45) is 6.62. The lowest BCUT2D eigenvalue weighted by molar-refractivity contribution is 0.0819. The van der Waals surface area contributed by atoms with Gasteiger partial charge < -0.3 is 5.32 Å². The average molecular weight is 365 g/mol. The van der Waals surface area contributed by atoms with Gasteiger partial charge in [0.25, 0.3) is 0 Å². The number of piperidine rings is 2. The fourth-order valence-electron chi connectivity index (χ4n) is 4.55. The molecular weight excluding hydrogens is 316 g/mol. The fourth-order valence-corrected chi connectivity index (χ4v) is 4.55. The molecule has 3 fully saturated rings. The van der Waals surface area contributed by atoms with Crippen LogP contribution in [-0.2, 0) is 0 Å². The topological polar surface area (TPSA) is 24.4 Å². The van der Waals surface area contributed by atoms with Gasteiger partial charge in [-0.1, -0.05) is 62.0 Å². The molecule has 2 bridgehead atoms. The summed E-state index contributed by atoms with van der Waals surface area (Å²) < 4.78 is 0. The highest BCUT2D eigenvalue weighted by atomic mass is 14.9. The van der Waals surface area contributed by atoms with Crippen LogP contribution in [0.4, 0.5) is 0 Å². The van der Waals surface area contributed by atoms with Gasteiger partial charge in [0.05, 0.1) is 0 Å². The molecule has 154 valence electrons. The second-order valence-electron chi connectivity index (χ2n) is 8.12. The van der Waals surface area contributed by atoms with Crippen molar-refractivity contribution in [3.05, 3.63) is 12.3 Å². The van der Waals surface area contributed by atoms with E-state index >= 15 is 0 Å². The van der Waals surface area contributed by atoms with Crippen LogP contribution >= 0.6 is 0 Å². The zero-order chi connectivity index (χ0) is 20.3. The summed E-state index contributed by atoms with van der Waals surface area (Å²) in [5.74, 6) is 3.07. The van der Waals surface area contributed by atoms with Crippen molar-refractivity contribution in [2.75, 3.05) is 13.1 Å². The highest BCUT2D eigenvalue weighted by Gasteiger charge is 2.45. The lowest BCUT2D eigenvalue weighted by Crippen LogP contribution is -2.55. The maximum atomic E-state index is 4.95. The highest BCUT2D eigenvalue weighted by molar-refractivity contribution is 5.86. The number of nitrogens with one attached hydrogen (secondary N) is 1. The number of aliphatic imine (C=N–C) groups is 1. The van der Waals surface area contributed by atoms with E-state index in [9.17, 15) is 0 Å². The average Bonchev–Trinajstić information content (AvgIpc) is 2.67. The molecule has 1 saturated heterocycles. The number of nitrogens with zero attached hydrogens (tertiary/aromatic N) is 1. The SMILES string of the molecule is C=C(N=C(C)C1C2CNCC1C2)C1CCC(C)(C)CC1.CC.CC.CC. The van der Waals surface area contributed by atoms with E-state index in [1.54, 1.807) is 0 Å². The predicted molar refractivity (Wildman–Crippen MR) is 120 cm³/mol. The van der Waals surface area contributed by atoms with Gasteiger partial charge >= 0.3 is 0 Å². The third-order valence-corrected chi connectivity index (χ3v) is 6.05. The summed E-state index contributed by atoms with van der Waals surface area (Å²) in [4.78, 5) is 4.95. The van der Waals surface area contributed by atoms with E-state index in [2.05, 4.69) is 32.7 Å². The molecule has 2 saturated carbocycles. The number of hydrogen-bond acceptors (Lipinski definition) is 2. The first kappa shape index (κ1) is 25.4. The molecule has 26 heavy (non-hydrogen) atoms. The van der Waals surface area contributed by atoms with E-state index < -0.39 is 0 Å². The molecule has 2 heteroatoms. The fraction of sp³-hybridized carbons (Fsp3) is 0.875. The molecule has 0 spiro atoms. The third-order valence-electron chi connectivity index (χ3n) is 6.05. The number of fused-ring (bicyclic) bond motifs is 2. The molecule has 0 aromatic carbocycles. The van der Waals surface area contributed by atoms with Gasteiger partial charge in [0.15, 0.2) is 0 Å². The summed E-state index contributed by atoms with van der Waals surface area (Å²) in [6.45, 7) is 25.7. The van der Waals surface area contributed by atoms with Crippen molar-refractivity contribution in [3.8, 4) is 0 Å². The standard InChI is InChI=1S/C18H30N2.3C2H6/c1-12(14-5-7-18(3,4)8-6-14)20-13(2)17-15-9-16(17)11-19-10-15;3*1-2/h14-17,19H,1,5-11H2,2-4H3;3*1-2H3. The van der Waals surface area contributed by atoms with Crippen LogP contribution in [0, 0.1) is 29.1 Å². The van der Waals surface area contributed by atoms with Crippen LogP contribution < -0.4 is 5.32 Å². The monoisotopic (exact) mass is 364 g/mol. The molecule has 3 aliphatic rings. The van der Waals surface area contributed by atoms with Crippen LogP contribution in [0.1, 0.15) is 94.4 Å². The van der Waals surface area contributed by atoms with Crippen LogP contribution in [0.3, 0.4) is 0 Å². The van der Waals surface area contributed by atoms with Crippen molar-refractivity contribution in [1.82, 2.24) is 5.32 Å². The van der Waals surface area contributed by atoms with Gasteiger partial charge in [-0.3, -0.25) is 4.99 Å². The van der Waals surface area contributed by atoms with E-state index in [0.29, 0.717) is 11.3 Å². The van der Waals surface area contributed by atoms with Crippen LogP contribution in [0.5, 0.6) is 0 Å². The Hall–Kier alpha value is -0.630. The Labute approximate surface area is 165 Å². The molecule has 2 unspecified atom stereocenters. The molecule has 0 aromatic rings. The first-order chi connectivity index (χ1) is 12.5. The van der Waals surface area contributed by atoms with Gasteiger partial charge in [-0.15, -0.1) is 0 Å². The lowest BCUT2D eigenvalue weighted by Gasteiger charge is -2.50. The molecule has 1 heterocycles. The molecule has 0 aromatic heterocycles. The van der Waals surface area contributed by atoms with Crippen molar-refractivity contribution >= 4 is 5.71 Å². The number of allylic oxidation sites excluding steroid dienone is 1. The molecule has 0 amide bonds. The highest BCUT2D eigenvalue weighted by Crippen LogP contribution is 2.44. The molecule has 1 N–H and O–H groups in total. The van der Waals surface area contributed by atoms with Crippen molar-refractivity contribution in [2.24, 2.45) is 34.1 Å². The first-order valence-electron chi connectivity index (χ1n) is 11.4. The van der Waals surface area contributed by atoms with E-state index in [0.717, 1.165) is 23.5 Å². The third kappa shape index (κ3) is 6.83. The van der Waals surface area contributed by atoms with Gasteiger partial charge in [0.1, 0.15) is 0 Å². The van der Waals surface area contributed by atoms with E-state index in [4.69, 9.17) is 4.99 Å². The summed E-state index contributed by atoms with van der Waals surface area (Å²) >= 11 is 0. The Balaban J connectivity index is 0.000000948. The maximum Gasteiger partial charge on any atom is 0.0362 e. The van der Waals surface area contributed by atoms with Crippen molar-refractivity contribution in [1.29, 1.82) is 0 Å². The van der Waals surface area contributed by atoms with Crippen LogP contribution in [0.15, 0.2) is 17.3 Å². The molecule has 0 radical (unpaired) electrons. The van der Waals surface area contributed by atoms with Crippen molar-refractivity contribution in [3.63, 3.8) is 0 Å². The zero-order valence-electron chi connectivity index (χ0n) is 19.4. The molecule has 1 aliphatic heterocycles. The zero-order valence-corrected chi connectivity index (χ0v) is 19.4. The second-order valence-corrected chi connectivity index (χ2v) is 8.12. The lowest BCUT2D eigenvalue weighted by atomic mass is 9.60. The van der Waals surface area contributed by atoms with Crippen LogP contribution in [-0.4, -0.2) is 18.8 Å². The number of rotatable bonds is 3. The smallest absolute Gasteiger partial charge is 0.0362 e. The normalized spacial score (nSPS) is 29.4. The molecule has 2 nitrogen and oxygen atoms in total. The maximum absolute atomic E-state index is 4.95. The Morgan fingerprint density at radius 3 is 1.81 bits per heavy atom. The summed E-state index contributed by atoms with van der Waals surface area (Å²) in [6, 6.07) is 0. The second kappa shape index (κ2) is 12.7. The summed E-state index contributed by atoms with van der Waals surface area (Å²) in [5.41, 5.74) is 3.06.